The van der Waals surface area contributed by atoms with Crippen LogP contribution in [0.4, 0.5) is 17.1 Å². The van der Waals surface area contributed by atoms with Gasteiger partial charge in [0.15, 0.2) is 0 Å². The maximum Gasteiger partial charge on any atom is 3.00 e. The van der Waals surface area contributed by atoms with E-state index in [2.05, 4.69) is 137 Å². The van der Waals surface area contributed by atoms with Gasteiger partial charge >= 0.3 is 17.4 Å². The van der Waals surface area contributed by atoms with E-state index in [1.54, 1.807) is 0 Å². The predicted octanol–water partition coefficient (Wildman–Crippen LogP) is 13.6. The maximum atomic E-state index is 8.01. The average molecular weight is 630 g/mol. The summed E-state index contributed by atoms with van der Waals surface area (Å²) in [4.78, 5) is 4.82. The van der Waals surface area contributed by atoms with Crippen molar-refractivity contribution in [2.45, 2.75) is 102 Å². The first-order valence-electron chi connectivity index (χ1n) is 16.1. The Kier molecular flexibility index (Phi) is 16.9. The molecule has 242 valence electrons. The quantitative estimate of drug-likeness (QED) is 0.150. The molecule has 0 amide bonds. The van der Waals surface area contributed by atoms with Crippen molar-refractivity contribution in [1.82, 2.24) is 0 Å². The van der Waals surface area contributed by atoms with Gasteiger partial charge in [0.25, 0.3) is 0 Å². The van der Waals surface area contributed by atoms with E-state index >= 15 is 0 Å². The van der Waals surface area contributed by atoms with Gasteiger partial charge in [-0.15, -0.1) is 11.4 Å². The van der Waals surface area contributed by atoms with Crippen LogP contribution < -0.4 is 0 Å². The van der Waals surface area contributed by atoms with Gasteiger partial charge in [-0.1, -0.05) is 152 Å². The third-order valence-corrected chi connectivity index (χ3v) is 7.58. The zero-order valence-corrected chi connectivity index (χ0v) is 31.8. The maximum absolute atomic E-state index is 8.01. The molecule has 0 radical (unpaired) electrons. The molecule has 46 heavy (non-hydrogen) atoms. The number of allylic oxidation sites excluding steroid dienone is 2. The summed E-state index contributed by atoms with van der Waals surface area (Å²) < 4.78 is 0. The minimum atomic E-state index is 0. The minimum absolute atomic E-state index is 0. The van der Waals surface area contributed by atoms with Crippen molar-refractivity contribution >= 4 is 40.1 Å². The van der Waals surface area contributed by atoms with Gasteiger partial charge in [-0.25, -0.2) is 0 Å². The van der Waals surface area contributed by atoms with Gasteiger partial charge in [0, 0.05) is 5.71 Å². The summed E-state index contributed by atoms with van der Waals surface area (Å²) in [6.07, 6.45) is 2.05. The zero-order valence-electron chi connectivity index (χ0n) is 31.6. The minimum Gasteiger partial charge on any atom is -1.00 e. The molecule has 0 saturated carbocycles. The smallest absolute Gasteiger partial charge is 1.00 e. The Morgan fingerprint density at radius 3 is 1.48 bits per heavy atom. The Bertz CT molecular complexity index is 1550. The van der Waals surface area contributed by atoms with Crippen molar-refractivity contribution < 1.29 is 1.43 Å². The predicted molar refractivity (Wildman–Crippen MR) is 207 cm³/mol. The first-order chi connectivity index (χ1) is 21.1. The summed E-state index contributed by atoms with van der Waals surface area (Å²) in [5, 5.41) is 4.82. The van der Waals surface area contributed by atoms with Crippen LogP contribution in [0.2, 0.25) is 0 Å². The van der Waals surface area contributed by atoms with Gasteiger partial charge in [-0.05, 0) is 78.4 Å². The normalized spacial score (nSPS) is 11.3. The van der Waals surface area contributed by atoms with E-state index in [4.69, 9.17) is 16.0 Å². The summed E-state index contributed by atoms with van der Waals surface area (Å²) >= 11 is 0. The molecule has 4 rings (SSSR count). The van der Waals surface area contributed by atoms with Crippen LogP contribution in [0.1, 0.15) is 105 Å². The Hall–Kier alpha value is -3.58. The Labute approximate surface area is 293 Å². The molecule has 4 aromatic carbocycles. The number of nitrogens with one attached hydrogen (secondary N) is 1. The first kappa shape index (κ1) is 40.4. The molecule has 4 aromatic rings. The standard InChI is InChI=1S/C23H29N2.C12H18N.C7H8.Al.H/c1-14-9-16(3)22(17(4)10-14)24-20(7)13-21(8)25-23-18(5)11-15(2)12-19(23)6;1-8(2)10-6-5-7-11(9(3)4)12(10)13;1-7-5-3-2-4-6-7;;/h9-13H,1-8H3;5-9,13H,1-4H3;2-6H,1H3;;/q2*-1;;+3;-1/b20-13-,25-21?;;;;. The largest absolute Gasteiger partial charge is 3.00 e. The summed E-state index contributed by atoms with van der Waals surface area (Å²) in [5.41, 5.74) is 23.9. The van der Waals surface area contributed by atoms with E-state index in [-0.39, 0.29) is 18.8 Å². The van der Waals surface area contributed by atoms with Crippen LogP contribution in [-0.4, -0.2) is 23.1 Å². The van der Waals surface area contributed by atoms with Crippen molar-refractivity contribution in [2.24, 2.45) is 4.99 Å². The van der Waals surface area contributed by atoms with Gasteiger partial charge in [-0.3, -0.25) is 4.99 Å². The SMILES string of the molecule is CC(/C=C(/C)[N-]c1c(C)cc(C)cc1C)=Nc1c(C)cc(C)cc1C.CC(C)c1cccc(C(C)C)c1[NH-].Cc1ccccc1.[Al+3].[H-]. The molecule has 0 aliphatic heterocycles. The van der Waals surface area contributed by atoms with E-state index in [1.807, 2.05) is 32.0 Å². The number of aryl methyl sites for hydroxylation is 7. The van der Waals surface area contributed by atoms with Crippen LogP contribution in [0, 0.1) is 48.5 Å². The number of benzene rings is 4. The van der Waals surface area contributed by atoms with E-state index < -0.39 is 0 Å². The van der Waals surface area contributed by atoms with Crippen LogP contribution in [0.3, 0.4) is 0 Å². The molecule has 0 fully saturated rings. The fourth-order valence-electron chi connectivity index (χ4n) is 5.50. The molecule has 0 spiro atoms. The van der Waals surface area contributed by atoms with E-state index in [0.29, 0.717) is 11.8 Å². The van der Waals surface area contributed by atoms with Crippen LogP contribution in [0.5, 0.6) is 0 Å². The molecule has 0 unspecified atom stereocenters. The van der Waals surface area contributed by atoms with Crippen LogP contribution in [0.15, 0.2) is 89.6 Å². The zero-order chi connectivity index (χ0) is 33.8. The Morgan fingerprint density at radius 1 is 0.652 bits per heavy atom. The van der Waals surface area contributed by atoms with Gasteiger partial charge in [0.2, 0.25) is 0 Å². The van der Waals surface area contributed by atoms with Crippen molar-refractivity contribution in [3.8, 4) is 0 Å². The van der Waals surface area contributed by atoms with Crippen LogP contribution in [-0.2, 0) is 0 Å². The Morgan fingerprint density at radius 2 is 1.09 bits per heavy atom. The second-order valence-corrected chi connectivity index (χ2v) is 12.9. The number of hydrogen-bond donors (Lipinski definition) is 0. The molecule has 0 aromatic heterocycles. The van der Waals surface area contributed by atoms with Gasteiger partial charge in [0.1, 0.15) is 0 Å². The fourth-order valence-corrected chi connectivity index (χ4v) is 5.50. The molecule has 4 heteroatoms. The van der Waals surface area contributed by atoms with Crippen molar-refractivity contribution in [1.29, 1.82) is 0 Å². The molecule has 0 heterocycles. The number of aliphatic imine (C=N–C) groups is 1. The fraction of sp³-hybridized carbons (Fsp3) is 0.357. The average Bonchev–Trinajstić information content (AvgIpc) is 2.93. The topological polar surface area (TPSA) is 50.3 Å². The van der Waals surface area contributed by atoms with Crippen molar-refractivity contribution in [3.05, 3.63) is 146 Å². The monoisotopic (exact) mass is 629 g/mol. The molecule has 0 atom stereocenters. The molecule has 0 bridgehead atoms. The number of rotatable bonds is 6. The van der Waals surface area contributed by atoms with Crippen LogP contribution in [0.25, 0.3) is 11.1 Å². The molecular formula is C42H56AlN3. The molecule has 1 N–H and O–H groups in total. The molecule has 0 saturated heterocycles. The molecule has 0 aliphatic rings. The third kappa shape index (κ3) is 12.7. The van der Waals surface area contributed by atoms with E-state index in [1.165, 1.54) is 38.9 Å². The van der Waals surface area contributed by atoms with Crippen LogP contribution >= 0.6 is 0 Å². The van der Waals surface area contributed by atoms with Gasteiger partial charge in [-0.2, -0.15) is 5.70 Å². The van der Waals surface area contributed by atoms with E-state index in [9.17, 15) is 0 Å². The second kappa shape index (κ2) is 19.2. The number of nitrogens with zero attached hydrogens (tertiary/aromatic N) is 2. The molecular weight excluding hydrogens is 573 g/mol. The van der Waals surface area contributed by atoms with Crippen molar-refractivity contribution in [3.63, 3.8) is 0 Å². The Balaban J connectivity index is 0.000000800. The first-order valence-corrected chi connectivity index (χ1v) is 16.1. The second-order valence-electron chi connectivity index (χ2n) is 12.9. The molecule has 0 aliphatic carbocycles. The molecule has 3 nitrogen and oxygen atoms in total. The van der Waals surface area contributed by atoms with E-state index in [0.717, 1.165) is 39.6 Å². The summed E-state index contributed by atoms with van der Waals surface area (Å²) in [6.45, 7) is 27.4. The number of hydrogen-bond acceptors (Lipinski definition) is 1. The van der Waals surface area contributed by atoms with Crippen molar-refractivity contribution in [2.75, 3.05) is 0 Å². The summed E-state index contributed by atoms with van der Waals surface area (Å²) in [5.74, 6) is 0.900. The summed E-state index contributed by atoms with van der Waals surface area (Å²) in [6, 6.07) is 25.1. The van der Waals surface area contributed by atoms with Gasteiger partial charge in [0.05, 0.1) is 5.69 Å². The third-order valence-electron chi connectivity index (χ3n) is 7.58. The summed E-state index contributed by atoms with van der Waals surface area (Å²) in [7, 11) is 0. The van der Waals surface area contributed by atoms with Gasteiger partial charge < -0.3 is 12.5 Å².